The molecular weight excluding hydrogens is 264 g/mol. The molecule has 19 heavy (non-hydrogen) atoms. The number of hydrogen-bond donors (Lipinski definition) is 0. The lowest BCUT2D eigenvalue weighted by Crippen LogP contribution is -2.53. The summed E-state index contributed by atoms with van der Waals surface area (Å²) in [5.41, 5.74) is 0. The highest BCUT2D eigenvalue weighted by atomic mass is 32.2. The molecule has 2 aliphatic heterocycles. The largest absolute Gasteiger partial charge is 0.338 e. The fourth-order valence-electron chi connectivity index (χ4n) is 3.44. The second-order valence-corrected chi connectivity index (χ2v) is 8.17. The Morgan fingerprint density at radius 2 is 1.89 bits per heavy atom. The number of sulfonamides is 1. The molecule has 1 saturated carbocycles. The van der Waals surface area contributed by atoms with E-state index in [2.05, 4.69) is 0 Å². The molecule has 0 aromatic rings. The van der Waals surface area contributed by atoms with Crippen LogP contribution in [0.2, 0.25) is 0 Å². The topological polar surface area (TPSA) is 57.7 Å². The molecule has 0 aromatic heterocycles. The Hall–Kier alpha value is -0.620. The van der Waals surface area contributed by atoms with Crippen LogP contribution in [0.15, 0.2) is 0 Å². The zero-order chi connectivity index (χ0) is 13.6. The van der Waals surface area contributed by atoms with E-state index in [1.165, 1.54) is 12.8 Å². The van der Waals surface area contributed by atoms with E-state index in [9.17, 15) is 13.2 Å². The highest BCUT2D eigenvalue weighted by Gasteiger charge is 2.47. The maximum atomic E-state index is 12.1. The van der Waals surface area contributed by atoms with Gasteiger partial charge in [0.1, 0.15) is 0 Å². The first-order valence-corrected chi connectivity index (χ1v) is 8.93. The predicted octanol–water partition coefficient (Wildman–Crippen LogP) is 0.811. The molecule has 108 valence electrons. The molecule has 2 atom stereocenters. The molecule has 0 spiro atoms. The molecule has 1 amide bonds. The van der Waals surface area contributed by atoms with Gasteiger partial charge >= 0.3 is 0 Å². The lowest BCUT2D eigenvalue weighted by atomic mass is 9.96. The average molecular weight is 286 g/mol. The Balaban J connectivity index is 1.78. The molecule has 0 bridgehead atoms. The molecule has 0 unspecified atom stereocenters. The Morgan fingerprint density at radius 1 is 1.16 bits per heavy atom. The van der Waals surface area contributed by atoms with Crippen LogP contribution in [-0.2, 0) is 14.8 Å². The number of rotatable bonds is 4. The van der Waals surface area contributed by atoms with Gasteiger partial charge in [0.25, 0.3) is 0 Å². The van der Waals surface area contributed by atoms with E-state index in [1.54, 1.807) is 11.2 Å². The first kappa shape index (κ1) is 13.4. The quantitative estimate of drug-likeness (QED) is 0.768. The molecule has 0 N–H and O–H groups in total. The van der Waals surface area contributed by atoms with Crippen LogP contribution in [0.1, 0.15) is 39.0 Å². The van der Waals surface area contributed by atoms with Crippen LogP contribution in [0.4, 0.5) is 0 Å². The standard InChI is InChI=1S/C13H22N2O3S/c1-2-19(17,18)15-8-7-11-12(15)5-6-13(16)14(11)9-10-3-4-10/h10-12H,2-9H2,1H3/t11-,12-/m1/s1. The van der Waals surface area contributed by atoms with Crippen LogP contribution in [0.3, 0.4) is 0 Å². The van der Waals surface area contributed by atoms with Crippen molar-refractivity contribution in [1.29, 1.82) is 0 Å². The summed E-state index contributed by atoms with van der Waals surface area (Å²) in [6.45, 7) is 3.12. The van der Waals surface area contributed by atoms with Crippen molar-refractivity contribution < 1.29 is 13.2 Å². The highest BCUT2D eigenvalue weighted by Crippen LogP contribution is 2.37. The molecule has 3 rings (SSSR count). The summed E-state index contributed by atoms with van der Waals surface area (Å²) in [7, 11) is -3.13. The van der Waals surface area contributed by atoms with Crippen molar-refractivity contribution in [2.75, 3.05) is 18.8 Å². The van der Waals surface area contributed by atoms with Gasteiger partial charge in [0, 0.05) is 31.6 Å². The minimum Gasteiger partial charge on any atom is -0.338 e. The Bertz CT molecular complexity index is 472. The average Bonchev–Trinajstić information content (AvgIpc) is 3.09. The van der Waals surface area contributed by atoms with Gasteiger partial charge in [-0.1, -0.05) is 0 Å². The second-order valence-electron chi connectivity index (χ2n) is 5.96. The lowest BCUT2D eigenvalue weighted by Gasteiger charge is -2.39. The Morgan fingerprint density at radius 3 is 2.53 bits per heavy atom. The van der Waals surface area contributed by atoms with Gasteiger partial charge in [0.2, 0.25) is 15.9 Å². The number of nitrogens with zero attached hydrogens (tertiary/aromatic N) is 2. The van der Waals surface area contributed by atoms with Crippen LogP contribution in [0, 0.1) is 5.92 Å². The van der Waals surface area contributed by atoms with Crippen molar-refractivity contribution in [2.24, 2.45) is 5.92 Å². The van der Waals surface area contributed by atoms with Crippen LogP contribution in [0.25, 0.3) is 0 Å². The lowest BCUT2D eigenvalue weighted by molar-refractivity contribution is -0.137. The van der Waals surface area contributed by atoms with Crippen molar-refractivity contribution in [3.8, 4) is 0 Å². The van der Waals surface area contributed by atoms with E-state index < -0.39 is 10.0 Å². The molecule has 6 heteroatoms. The first-order valence-electron chi connectivity index (χ1n) is 7.32. The third kappa shape index (κ3) is 2.40. The first-order chi connectivity index (χ1) is 9.03. The van der Waals surface area contributed by atoms with E-state index in [0.29, 0.717) is 25.3 Å². The van der Waals surface area contributed by atoms with Gasteiger partial charge in [-0.25, -0.2) is 8.42 Å². The van der Waals surface area contributed by atoms with Crippen molar-refractivity contribution in [3.05, 3.63) is 0 Å². The van der Waals surface area contributed by atoms with Gasteiger partial charge in [-0.15, -0.1) is 0 Å². The zero-order valence-corrected chi connectivity index (χ0v) is 12.2. The third-order valence-corrected chi connectivity index (χ3v) is 6.61. The molecule has 0 radical (unpaired) electrons. The molecule has 5 nitrogen and oxygen atoms in total. The minimum absolute atomic E-state index is 0.0291. The zero-order valence-electron chi connectivity index (χ0n) is 11.4. The number of likely N-dealkylation sites (tertiary alicyclic amines) is 1. The SMILES string of the molecule is CCS(=O)(=O)N1CC[C@@H]2[C@H]1CCC(=O)N2CC1CC1. The van der Waals surface area contributed by atoms with Crippen molar-refractivity contribution in [2.45, 2.75) is 51.1 Å². The highest BCUT2D eigenvalue weighted by molar-refractivity contribution is 7.89. The summed E-state index contributed by atoms with van der Waals surface area (Å²) in [6, 6.07) is 0.157. The normalized spacial score (nSPS) is 32.7. The molecule has 2 heterocycles. The van der Waals surface area contributed by atoms with Crippen LogP contribution < -0.4 is 0 Å². The summed E-state index contributed by atoms with van der Waals surface area (Å²) in [5.74, 6) is 1.05. The number of fused-ring (bicyclic) bond motifs is 1. The smallest absolute Gasteiger partial charge is 0.222 e. The van der Waals surface area contributed by atoms with E-state index in [-0.39, 0.29) is 23.7 Å². The monoisotopic (exact) mass is 286 g/mol. The molecule has 0 aromatic carbocycles. The molecule has 1 aliphatic carbocycles. The van der Waals surface area contributed by atoms with E-state index in [1.807, 2.05) is 4.90 Å². The summed E-state index contributed by atoms with van der Waals surface area (Å²) < 4.78 is 25.9. The summed E-state index contributed by atoms with van der Waals surface area (Å²) in [4.78, 5) is 14.1. The maximum Gasteiger partial charge on any atom is 0.222 e. The van der Waals surface area contributed by atoms with Crippen LogP contribution in [-0.4, -0.2) is 54.5 Å². The van der Waals surface area contributed by atoms with E-state index in [0.717, 1.165) is 13.0 Å². The van der Waals surface area contributed by atoms with Crippen LogP contribution in [0.5, 0.6) is 0 Å². The van der Waals surface area contributed by atoms with Crippen molar-refractivity contribution in [3.63, 3.8) is 0 Å². The fraction of sp³-hybridized carbons (Fsp3) is 0.923. The van der Waals surface area contributed by atoms with Gasteiger partial charge in [0.05, 0.1) is 5.75 Å². The predicted molar refractivity (Wildman–Crippen MR) is 72.0 cm³/mol. The van der Waals surface area contributed by atoms with E-state index >= 15 is 0 Å². The molecule has 3 fully saturated rings. The van der Waals surface area contributed by atoms with Gasteiger partial charge in [-0.05, 0) is 38.5 Å². The van der Waals surface area contributed by atoms with Crippen LogP contribution >= 0.6 is 0 Å². The molecule has 2 saturated heterocycles. The van der Waals surface area contributed by atoms with Gasteiger partial charge < -0.3 is 4.90 Å². The molecule has 3 aliphatic rings. The summed E-state index contributed by atoms with van der Waals surface area (Å²) in [5, 5.41) is 0. The minimum atomic E-state index is -3.13. The van der Waals surface area contributed by atoms with Gasteiger partial charge in [0.15, 0.2) is 0 Å². The molecular formula is C13H22N2O3S. The second kappa shape index (κ2) is 4.74. The number of amides is 1. The van der Waals surface area contributed by atoms with Crippen molar-refractivity contribution >= 4 is 15.9 Å². The summed E-state index contributed by atoms with van der Waals surface area (Å²) >= 11 is 0. The number of carbonyl (C=O) groups excluding carboxylic acids is 1. The Labute approximate surface area is 115 Å². The fourth-order valence-corrected chi connectivity index (χ4v) is 4.81. The Kier molecular flexibility index (Phi) is 3.33. The third-order valence-electron chi connectivity index (χ3n) is 4.71. The van der Waals surface area contributed by atoms with Gasteiger partial charge in [-0.2, -0.15) is 4.31 Å². The van der Waals surface area contributed by atoms with Crippen molar-refractivity contribution in [1.82, 2.24) is 9.21 Å². The summed E-state index contributed by atoms with van der Waals surface area (Å²) in [6.07, 6.45) is 4.45. The number of piperidine rings is 1. The number of hydrogen-bond acceptors (Lipinski definition) is 3. The van der Waals surface area contributed by atoms with E-state index in [4.69, 9.17) is 0 Å². The number of carbonyl (C=O) groups is 1. The van der Waals surface area contributed by atoms with Gasteiger partial charge in [-0.3, -0.25) is 4.79 Å². The maximum absolute atomic E-state index is 12.1.